The van der Waals surface area contributed by atoms with Crippen LogP contribution in [0.2, 0.25) is 0 Å². The van der Waals surface area contributed by atoms with Crippen molar-refractivity contribution < 1.29 is 13.3 Å². The molecule has 5 heteroatoms. The van der Waals surface area contributed by atoms with Crippen molar-refractivity contribution in [2.75, 3.05) is 26.6 Å². The molecule has 0 saturated heterocycles. The Kier molecular flexibility index (Phi) is 8.61. The van der Waals surface area contributed by atoms with Gasteiger partial charge in [0.25, 0.3) is 0 Å². The highest BCUT2D eigenvalue weighted by molar-refractivity contribution is 6.65. The van der Waals surface area contributed by atoms with Gasteiger partial charge in [-0.05, 0) is 36.3 Å². The first-order chi connectivity index (χ1) is 11.8. The zero-order chi connectivity index (χ0) is 19.1. The largest absolute Gasteiger partial charge is 0.527 e. The number of benzene rings is 1. The van der Waals surface area contributed by atoms with Gasteiger partial charge < -0.3 is 18.6 Å². The van der Waals surface area contributed by atoms with Gasteiger partial charge in [-0.15, -0.1) is 0 Å². The molecule has 1 aromatic rings. The maximum absolute atomic E-state index is 6.04. The molecular weight excluding hydrogens is 330 g/mol. The van der Waals surface area contributed by atoms with Gasteiger partial charge in [0.2, 0.25) is 0 Å². The Morgan fingerprint density at radius 2 is 1.48 bits per heavy atom. The molecule has 0 saturated carbocycles. The number of para-hydroxylation sites is 1. The molecule has 0 aromatic heterocycles. The van der Waals surface area contributed by atoms with Gasteiger partial charge in [-0.25, -0.2) is 0 Å². The fraction of sp³-hybridized carbons (Fsp3) is 0.700. The minimum Gasteiger partial charge on any atom is -0.375 e. The third-order valence-corrected chi connectivity index (χ3v) is 9.04. The van der Waals surface area contributed by atoms with E-state index in [1.54, 1.807) is 21.3 Å². The molecule has 4 nitrogen and oxygen atoms in total. The van der Waals surface area contributed by atoms with Gasteiger partial charge >= 0.3 is 8.80 Å². The van der Waals surface area contributed by atoms with Gasteiger partial charge in [0, 0.05) is 27.0 Å². The maximum Gasteiger partial charge on any atom is 0.527 e. The van der Waals surface area contributed by atoms with Crippen LogP contribution >= 0.6 is 0 Å². The molecule has 2 unspecified atom stereocenters. The van der Waals surface area contributed by atoms with Crippen LogP contribution in [0.15, 0.2) is 30.3 Å². The first kappa shape index (κ1) is 22.2. The summed E-state index contributed by atoms with van der Waals surface area (Å²) in [5.41, 5.74) is 1.07. The molecule has 2 atom stereocenters. The zero-order valence-electron chi connectivity index (χ0n) is 17.3. The minimum absolute atomic E-state index is 0.262. The molecule has 0 heterocycles. The number of hydrogen-bond acceptors (Lipinski definition) is 4. The van der Waals surface area contributed by atoms with Crippen molar-refractivity contribution in [3.05, 3.63) is 30.3 Å². The average Bonchev–Trinajstić information content (AvgIpc) is 2.61. The monoisotopic (exact) mass is 367 g/mol. The van der Waals surface area contributed by atoms with Gasteiger partial charge in [-0.3, -0.25) is 0 Å². The van der Waals surface area contributed by atoms with Crippen molar-refractivity contribution in [2.24, 2.45) is 17.8 Å². The van der Waals surface area contributed by atoms with Crippen LogP contribution in [0.1, 0.15) is 47.5 Å². The van der Waals surface area contributed by atoms with E-state index in [9.17, 15) is 0 Å². The Hall–Kier alpha value is -0.883. The van der Waals surface area contributed by atoms with Crippen LogP contribution in [-0.2, 0) is 13.3 Å². The molecule has 1 rings (SSSR count). The molecule has 144 valence electrons. The highest BCUT2D eigenvalue weighted by atomic mass is 28.4. The van der Waals surface area contributed by atoms with Crippen LogP contribution < -0.4 is 5.32 Å². The molecular formula is C20H37NO3Si. The summed E-state index contributed by atoms with van der Waals surface area (Å²) in [4.78, 5) is 0. The van der Waals surface area contributed by atoms with Gasteiger partial charge in [-0.2, -0.15) is 0 Å². The number of rotatable bonds is 11. The molecule has 0 amide bonds. The Morgan fingerprint density at radius 3 is 1.84 bits per heavy atom. The lowest BCUT2D eigenvalue weighted by Gasteiger charge is -2.53. The normalized spacial score (nSPS) is 16.1. The fourth-order valence-corrected chi connectivity index (χ4v) is 7.69. The number of anilines is 1. The molecule has 0 bridgehead atoms. The lowest BCUT2D eigenvalue weighted by atomic mass is 9.78. The Balaban J connectivity index is 3.64. The second kappa shape index (κ2) is 9.71. The second-order valence-electron chi connectivity index (χ2n) is 7.32. The van der Waals surface area contributed by atoms with E-state index in [1.165, 1.54) is 0 Å². The van der Waals surface area contributed by atoms with E-state index in [0.29, 0.717) is 11.8 Å². The van der Waals surface area contributed by atoms with E-state index in [2.05, 4.69) is 52.1 Å². The molecule has 0 fully saturated rings. The lowest BCUT2D eigenvalue weighted by Crippen LogP contribution is -2.74. The SMILES string of the molecule is CCCC(C(C)C)C(Nc1ccccc1)(C(C)C)[Si](OC)(OC)OC. The summed E-state index contributed by atoms with van der Waals surface area (Å²) < 4.78 is 18.1. The number of nitrogens with one attached hydrogen (secondary N) is 1. The van der Waals surface area contributed by atoms with E-state index < -0.39 is 14.0 Å². The Morgan fingerprint density at radius 1 is 0.960 bits per heavy atom. The molecule has 0 aliphatic rings. The van der Waals surface area contributed by atoms with Gasteiger partial charge in [-0.1, -0.05) is 59.2 Å². The van der Waals surface area contributed by atoms with Crippen LogP contribution in [0.5, 0.6) is 0 Å². The van der Waals surface area contributed by atoms with Crippen LogP contribution in [0, 0.1) is 17.8 Å². The van der Waals surface area contributed by atoms with E-state index in [-0.39, 0.29) is 5.92 Å². The summed E-state index contributed by atoms with van der Waals surface area (Å²) in [5.74, 6) is 1.08. The van der Waals surface area contributed by atoms with Gasteiger partial charge in [0.05, 0.1) is 0 Å². The van der Waals surface area contributed by atoms with Crippen molar-refractivity contribution in [1.82, 2.24) is 0 Å². The number of hydrogen-bond donors (Lipinski definition) is 1. The molecule has 25 heavy (non-hydrogen) atoms. The van der Waals surface area contributed by atoms with Crippen molar-refractivity contribution in [3.63, 3.8) is 0 Å². The van der Waals surface area contributed by atoms with Crippen molar-refractivity contribution in [3.8, 4) is 0 Å². The summed E-state index contributed by atoms with van der Waals surface area (Å²) >= 11 is 0. The predicted molar refractivity (Wildman–Crippen MR) is 108 cm³/mol. The molecule has 1 aromatic carbocycles. The van der Waals surface area contributed by atoms with E-state index >= 15 is 0 Å². The quantitative estimate of drug-likeness (QED) is 0.560. The van der Waals surface area contributed by atoms with E-state index in [1.807, 2.05) is 18.2 Å². The standard InChI is InChI=1S/C20H37NO3Si/c1-9-13-19(16(2)3)20(17(4)5,25(22-6,23-7)24-8)21-18-14-11-10-12-15-18/h10-12,14-17,19,21H,9,13H2,1-8H3. The van der Waals surface area contributed by atoms with Gasteiger partial charge in [0.15, 0.2) is 0 Å². The smallest absolute Gasteiger partial charge is 0.375 e. The summed E-state index contributed by atoms with van der Waals surface area (Å²) in [6, 6.07) is 10.3. The van der Waals surface area contributed by atoms with Crippen LogP contribution in [0.25, 0.3) is 0 Å². The predicted octanol–water partition coefficient (Wildman–Crippen LogP) is 4.98. The average molecular weight is 368 g/mol. The molecule has 0 spiro atoms. The molecule has 1 N–H and O–H groups in total. The van der Waals surface area contributed by atoms with E-state index in [0.717, 1.165) is 18.5 Å². The Labute approximate surface area is 155 Å². The fourth-order valence-electron chi connectivity index (χ4n) is 4.24. The summed E-state index contributed by atoms with van der Waals surface area (Å²) in [6.07, 6.45) is 2.19. The third kappa shape index (κ3) is 4.27. The summed E-state index contributed by atoms with van der Waals surface area (Å²) in [5, 5.41) is 3.42. The minimum atomic E-state index is -3.02. The van der Waals surface area contributed by atoms with E-state index in [4.69, 9.17) is 13.3 Å². The first-order valence-electron chi connectivity index (χ1n) is 9.33. The molecule has 0 aliphatic carbocycles. The highest BCUT2D eigenvalue weighted by Crippen LogP contribution is 2.45. The Bertz CT molecular complexity index is 483. The molecule has 0 radical (unpaired) electrons. The summed E-state index contributed by atoms with van der Waals surface area (Å²) in [6.45, 7) is 11.3. The summed E-state index contributed by atoms with van der Waals surface area (Å²) in [7, 11) is 2.13. The third-order valence-electron chi connectivity index (χ3n) is 5.34. The lowest BCUT2D eigenvalue weighted by molar-refractivity contribution is 0.0536. The topological polar surface area (TPSA) is 39.7 Å². The van der Waals surface area contributed by atoms with Gasteiger partial charge in [0.1, 0.15) is 5.16 Å². The van der Waals surface area contributed by atoms with Crippen molar-refractivity contribution in [2.45, 2.75) is 52.6 Å². The molecule has 0 aliphatic heterocycles. The highest BCUT2D eigenvalue weighted by Gasteiger charge is 2.65. The second-order valence-corrected chi connectivity index (χ2v) is 10.5. The van der Waals surface area contributed by atoms with Crippen molar-refractivity contribution in [1.29, 1.82) is 0 Å². The van der Waals surface area contributed by atoms with Crippen LogP contribution in [-0.4, -0.2) is 35.3 Å². The van der Waals surface area contributed by atoms with Crippen LogP contribution in [0.3, 0.4) is 0 Å². The zero-order valence-corrected chi connectivity index (χ0v) is 18.3. The maximum atomic E-state index is 6.04. The van der Waals surface area contributed by atoms with Crippen molar-refractivity contribution >= 4 is 14.5 Å². The first-order valence-corrected chi connectivity index (χ1v) is 11.1. The van der Waals surface area contributed by atoms with Crippen LogP contribution in [0.4, 0.5) is 5.69 Å².